The van der Waals surface area contributed by atoms with Crippen molar-refractivity contribution in [2.45, 2.75) is 38.8 Å². The summed E-state index contributed by atoms with van der Waals surface area (Å²) >= 11 is 0. The lowest BCUT2D eigenvalue weighted by molar-refractivity contribution is -0.0572. The molecule has 0 amide bonds. The average Bonchev–Trinajstić information content (AvgIpc) is 2.28. The van der Waals surface area contributed by atoms with E-state index < -0.39 is 0 Å². The van der Waals surface area contributed by atoms with Crippen LogP contribution in [0.4, 0.5) is 0 Å². The molecule has 102 valence electrons. The smallest absolute Gasteiger partial charge is 0.0645 e. The Balaban J connectivity index is 2.46. The Morgan fingerprint density at radius 2 is 2.24 bits per heavy atom. The molecule has 0 saturated carbocycles. The highest BCUT2D eigenvalue weighted by atomic mass is 16.5. The van der Waals surface area contributed by atoms with Crippen molar-refractivity contribution >= 4 is 0 Å². The Hall–Kier alpha value is -0.160. The fraction of sp³-hybridized carbons (Fsp3) is 1.00. The highest BCUT2D eigenvalue weighted by Crippen LogP contribution is 2.18. The third-order valence-corrected chi connectivity index (χ3v) is 3.31. The maximum absolute atomic E-state index is 5.54. The molecule has 1 rings (SSSR count). The van der Waals surface area contributed by atoms with Gasteiger partial charge in [0.05, 0.1) is 19.8 Å². The molecule has 0 aromatic heterocycles. The predicted molar refractivity (Wildman–Crippen MR) is 70.4 cm³/mol. The van der Waals surface area contributed by atoms with Gasteiger partial charge in [0, 0.05) is 31.8 Å². The lowest BCUT2D eigenvalue weighted by Crippen LogP contribution is -2.57. The van der Waals surface area contributed by atoms with Crippen LogP contribution >= 0.6 is 0 Å². The summed E-state index contributed by atoms with van der Waals surface area (Å²) in [5.74, 6) is 0. The van der Waals surface area contributed by atoms with Crippen molar-refractivity contribution in [2.75, 3.05) is 46.6 Å². The Kier molecular flexibility index (Phi) is 6.41. The van der Waals surface area contributed by atoms with Crippen molar-refractivity contribution in [1.82, 2.24) is 10.2 Å². The van der Waals surface area contributed by atoms with Crippen LogP contribution < -0.4 is 5.32 Å². The van der Waals surface area contributed by atoms with Crippen LogP contribution in [0.15, 0.2) is 0 Å². The van der Waals surface area contributed by atoms with Gasteiger partial charge in [0.2, 0.25) is 0 Å². The minimum atomic E-state index is 0.137. The second-order valence-electron chi connectivity index (χ2n) is 5.42. The van der Waals surface area contributed by atoms with E-state index >= 15 is 0 Å². The second-order valence-corrected chi connectivity index (χ2v) is 5.42. The Labute approximate surface area is 106 Å². The zero-order valence-corrected chi connectivity index (χ0v) is 11.8. The summed E-state index contributed by atoms with van der Waals surface area (Å²) in [6, 6.07) is 0.414. The molecule has 0 radical (unpaired) electrons. The third kappa shape index (κ3) is 4.92. The quantitative estimate of drug-likeness (QED) is 0.727. The zero-order valence-electron chi connectivity index (χ0n) is 11.8. The molecule has 0 spiro atoms. The van der Waals surface area contributed by atoms with E-state index in [1.807, 2.05) is 0 Å². The minimum Gasteiger partial charge on any atom is -0.383 e. The van der Waals surface area contributed by atoms with Gasteiger partial charge in [0.25, 0.3) is 0 Å². The van der Waals surface area contributed by atoms with E-state index in [4.69, 9.17) is 9.47 Å². The largest absolute Gasteiger partial charge is 0.383 e. The van der Waals surface area contributed by atoms with Crippen LogP contribution in [0, 0.1) is 0 Å². The third-order valence-electron chi connectivity index (χ3n) is 3.31. The molecule has 4 nitrogen and oxygen atoms in total. The maximum Gasteiger partial charge on any atom is 0.0645 e. The zero-order chi connectivity index (χ0) is 12.7. The van der Waals surface area contributed by atoms with Gasteiger partial charge >= 0.3 is 0 Å². The van der Waals surface area contributed by atoms with Crippen molar-refractivity contribution in [2.24, 2.45) is 0 Å². The minimum absolute atomic E-state index is 0.137. The van der Waals surface area contributed by atoms with Crippen molar-refractivity contribution in [3.05, 3.63) is 0 Å². The fourth-order valence-corrected chi connectivity index (χ4v) is 2.22. The molecule has 1 atom stereocenters. The predicted octanol–water partition coefficient (Wildman–Crippen LogP) is 1.11. The molecule has 1 saturated heterocycles. The number of hydrogen-bond donors (Lipinski definition) is 1. The van der Waals surface area contributed by atoms with Crippen LogP contribution in [-0.4, -0.2) is 63.0 Å². The number of ether oxygens (including phenoxy) is 2. The number of morpholine rings is 1. The standard InChI is InChI=1S/C13H28N2O2/c1-5-6-14-12(10-16-4)9-15-7-8-17-11-13(15,2)3/h12,14H,5-11H2,1-4H3. The van der Waals surface area contributed by atoms with E-state index in [1.54, 1.807) is 7.11 Å². The first kappa shape index (κ1) is 14.9. The van der Waals surface area contributed by atoms with Crippen LogP contribution in [0.1, 0.15) is 27.2 Å². The Morgan fingerprint density at radius 3 is 2.82 bits per heavy atom. The summed E-state index contributed by atoms with van der Waals surface area (Å²) in [6.45, 7) is 12.2. The number of rotatable bonds is 7. The average molecular weight is 244 g/mol. The van der Waals surface area contributed by atoms with Crippen molar-refractivity contribution in [3.63, 3.8) is 0 Å². The van der Waals surface area contributed by atoms with Crippen molar-refractivity contribution < 1.29 is 9.47 Å². The topological polar surface area (TPSA) is 33.7 Å². The monoisotopic (exact) mass is 244 g/mol. The van der Waals surface area contributed by atoms with Gasteiger partial charge < -0.3 is 14.8 Å². The lowest BCUT2D eigenvalue weighted by Gasteiger charge is -2.43. The number of hydrogen-bond acceptors (Lipinski definition) is 4. The van der Waals surface area contributed by atoms with E-state index in [1.165, 1.54) is 0 Å². The molecule has 1 N–H and O–H groups in total. The van der Waals surface area contributed by atoms with Gasteiger partial charge in [-0.2, -0.15) is 0 Å². The van der Waals surface area contributed by atoms with Crippen LogP contribution in [-0.2, 0) is 9.47 Å². The number of nitrogens with zero attached hydrogens (tertiary/aromatic N) is 1. The molecule has 0 aromatic carbocycles. The molecule has 1 heterocycles. The van der Waals surface area contributed by atoms with E-state index in [-0.39, 0.29) is 5.54 Å². The highest BCUT2D eigenvalue weighted by Gasteiger charge is 2.31. The van der Waals surface area contributed by atoms with Crippen LogP contribution in [0.5, 0.6) is 0 Å². The van der Waals surface area contributed by atoms with Gasteiger partial charge in [0.15, 0.2) is 0 Å². The van der Waals surface area contributed by atoms with Crippen LogP contribution in [0.25, 0.3) is 0 Å². The number of methoxy groups -OCH3 is 1. The second kappa shape index (κ2) is 7.31. The van der Waals surface area contributed by atoms with Gasteiger partial charge in [-0.1, -0.05) is 6.92 Å². The molecule has 17 heavy (non-hydrogen) atoms. The van der Waals surface area contributed by atoms with Gasteiger partial charge in [-0.25, -0.2) is 0 Å². The summed E-state index contributed by atoms with van der Waals surface area (Å²) in [7, 11) is 1.77. The van der Waals surface area contributed by atoms with E-state index in [0.717, 1.165) is 45.9 Å². The molecule has 1 aliphatic heterocycles. The summed E-state index contributed by atoms with van der Waals surface area (Å²) in [5, 5.41) is 3.55. The molecule has 0 aromatic rings. The van der Waals surface area contributed by atoms with E-state index in [0.29, 0.717) is 6.04 Å². The first-order valence-electron chi connectivity index (χ1n) is 6.65. The fourth-order valence-electron chi connectivity index (χ4n) is 2.22. The Bertz CT molecular complexity index is 210. The van der Waals surface area contributed by atoms with Crippen LogP contribution in [0.2, 0.25) is 0 Å². The maximum atomic E-state index is 5.54. The lowest BCUT2D eigenvalue weighted by atomic mass is 10.0. The first-order valence-corrected chi connectivity index (χ1v) is 6.65. The molecule has 1 unspecified atom stereocenters. The van der Waals surface area contributed by atoms with Gasteiger partial charge in [-0.05, 0) is 26.8 Å². The first-order chi connectivity index (χ1) is 8.10. The van der Waals surface area contributed by atoms with E-state index in [2.05, 4.69) is 31.0 Å². The molecule has 1 fully saturated rings. The molecular weight excluding hydrogens is 216 g/mol. The molecule has 1 aliphatic rings. The van der Waals surface area contributed by atoms with Gasteiger partial charge in [-0.3, -0.25) is 4.90 Å². The molecule has 4 heteroatoms. The molecule has 0 bridgehead atoms. The molecule has 0 aliphatic carbocycles. The van der Waals surface area contributed by atoms with Gasteiger partial charge in [0.1, 0.15) is 0 Å². The van der Waals surface area contributed by atoms with Crippen molar-refractivity contribution in [1.29, 1.82) is 0 Å². The highest BCUT2D eigenvalue weighted by molar-refractivity contribution is 4.87. The van der Waals surface area contributed by atoms with Crippen LogP contribution in [0.3, 0.4) is 0 Å². The normalized spacial score (nSPS) is 22.6. The van der Waals surface area contributed by atoms with E-state index in [9.17, 15) is 0 Å². The SMILES string of the molecule is CCCNC(COC)CN1CCOCC1(C)C. The van der Waals surface area contributed by atoms with Gasteiger partial charge in [-0.15, -0.1) is 0 Å². The summed E-state index contributed by atoms with van der Waals surface area (Å²) in [4.78, 5) is 2.50. The number of nitrogens with one attached hydrogen (secondary N) is 1. The summed E-state index contributed by atoms with van der Waals surface area (Å²) in [5.41, 5.74) is 0.137. The van der Waals surface area contributed by atoms with Crippen molar-refractivity contribution in [3.8, 4) is 0 Å². The Morgan fingerprint density at radius 1 is 1.47 bits per heavy atom. The summed E-state index contributed by atoms with van der Waals surface area (Å²) in [6.07, 6.45) is 1.16. The summed E-state index contributed by atoms with van der Waals surface area (Å²) < 4.78 is 10.8. The molecular formula is C13H28N2O2.